The van der Waals surface area contributed by atoms with Gasteiger partial charge in [0, 0.05) is 23.4 Å². The molecule has 0 radical (unpaired) electrons. The minimum Gasteiger partial charge on any atom is -0.351 e. The van der Waals surface area contributed by atoms with Gasteiger partial charge in [0.2, 0.25) is 5.95 Å². The first-order valence-corrected chi connectivity index (χ1v) is 6.09. The Labute approximate surface area is 105 Å². The monoisotopic (exact) mass is 243 g/mol. The van der Waals surface area contributed by atoms with E-state index in [1.54, 1.807) is 18.3 Å². The van der Waals surface area contributed by atoms with Crippen molar-refractivity contribution in [3.8, 4) is 11.1 Å². The SMILES string of the molecule is Cc1nc(NC2CC2)ncc1-c1ccccc1F. The molecule has 3 rings (SSSR count). The molecule has 0 saturated heterocycles. The quantitative estimate of drug-likeness (QED) is 0.899. The lowest BCUT2D eigenvalue weighted by Gasteiger charge is -2.08. The smallest absolute Gasteiger partial charge is 0.223 e. The van der Waals surface area contributed by atoms with Gasteiger partial charge in [0.25, 0.3) is 0 Å². The number of benzene rings is 1. The molecular weight excluding hydrogens is 229 g/mol. The van der Waals surface area contributed by atoms with Crippen molar-refractivity contribution in [3.05, 3.63) is 42.0 Å². The highest BCUT2D eigenvalue weighted by Crippen LogP contribution is 2.27. The summed E-state index contributed by atoms with van der Waals surface area (Å²) in [6.07, 6.45) is 4.04. The van der Waals surface area contributed by atoms with Crippen LogP contribution in [0.15, 0.2) is 30.5 Å². The third-order valence-electron chi connectivity index (χ3n) is 3.05. The molecule has 4 heteroatoms. The number of nitrogens with zero attached hydrogens (tertiary/aromatic N) is 2. The zero-order chi connectivity index (χ0) is 12.5. The highest BCUT2D eigenvalue weighted by molar-refractivity contribution is 5.66. The van der Waals surface area contributed by atoms with Crippen molar-refractivity contribution >= 4 is 5.95 Å². The molecule has 1 aliphatic rings. The van der Waals surface area contributed by atoms with Crippen molar-refractivity contribution in [2.75, 3.05) is 5.32 Å². The number of aromatic nitrogens is 2. The molecule has 2 aromatic rings. The Bertz CT molecular complexity index is 579. The first-order chi connectivity index (χ1) is 8.74. The van der Waals surface area contributed by atoms with Crippen LogP contribution in [0.5, 0.6) is 0 Å². The molecule has 18 heavy (non-hydrogen) atoms. The molecule has 0 spiro atoms. The van der Waals surface area contributed by atoms with Crippen molar-refractivity contribution in [1.29, 1.82) is 0 Å². The van der Waals surface area contributed by atoms with E-state index in [0.29, 0.717) is 17.6 Å². The maximum atomic E-state index is 13.7. The van der Waals surface area contributed by atoms with Gasteiger partial charge >= 0.3 is 0 Å². The number of hydrogen-bond acceptors (Lipinski definition) is 3. The van der Waals surface area contributed by atoms with E-state index in [1.807, 2.05) is 13.0 Å². The van der Waals surface area contributed by atoms with Crippen molar-refractivity contribution in [2.45, 2.75) is 25.8 Å². The maximum absolute atomic E-state index is 13.7. The van der Waals surface area contributed by atoms with E-state index < -0.39 is 0 Å². The largest absolute Gasteiger partial charge is 0.351 e. The minimum atomic E-state index is -0.243. The molecule has 1 N–H and O–H groups in total. The van der Waals surface area contributed by atoms with E-state index in [-0.39, 0.29) is 5.82 Å². The van der Waals surface area contributed by atoms with E-state index in [0.717, 1.165) is 11.3 Å². The van der Waals surface area contributed by atoms with Crippen LogP contribution in [0.25, 0.3) is 11.1 Å². The van der Waals surface area contributed by atoms with Gasteiger partial charge in [-0.25, -0.2) is 14.4 Å². The second-order valence-corrected chi connectivity index (χ2v) is 4.59. The lowest BCUT2D eigenvalue weighted by Crippen LogP contribution is -2.06. The molecule has 0 unspecified atom stereocenters. The van der Waals surface area contributed by atoms with Gasteiger partial charge in [0.1, 0.15) is 5.82 Å². The first-order valence-electron chi connectivity index (χ1n) is 6.09. The summed E-state index contributed by atoms with van der Waals surface area (Å²) in [6.45, 7) is 1.88. The second kappa shape index (κ2) is 4.37. The lowest BCUT2D eigenvalue weighted by molar-refractivity contribution is 0.631. The predicted octanol–water partition coefficient (Wildman–Crippen LogP) is 3.17. The minimum absolute atomic E-state index is 0.243. The predicted molar refractivity (Wildman–Crippen MR) is 68.8 cm³/mol. The molecule has 1 aromatic heterocycles. The van der Waals surface area contributed by atoms with Crippen LogP contribution in [0.2, 0.25) is 0 Å². The summed E-state index contributed by atoms with van der Waals surface area (Å²) in [4.78, 5) is 8.63. The molecule has 92 valence electrons. The number of nitrogens with one attached hydrogen (secondary N) is 1. The van der Waals surface area contributed by atoms with Gasteiger partial charge in [-0.05, 0) is 25.8 Å². The molecule has 1 fully saturated rings. The fourth-order valence-corrected chi connectivity index (χ4v) is 1.89. The summed E-state index contributed by atoms with van der Waals surface area (Å²) in [7, 11) is 0. The molecule has 0 atom stereocenters. The summed E-state index contributed by atoms with van der Waals surface area (Å²) in [5.74, 6) is 0.391. The molecule has 1 saturated carbocycles. The van der Waals surface area contributed by atoms with Gasteiger partial charge in [0.15, 0.2) is 0 Å². The molecular formula is C14H14FN3. The highest BCUT2D eigenvalue weighted by atomic mass is 19.1. The van der Waals surface area contributed by atoms with Crippen LogP contribution in [0.4, 0.5) is 10.3 Å². The number of anilines is 1. The van der Waals surface area contributed by atoms with E-state index in [1.165, 1.54) is 18.9 Å². The number of hydrogen-bond donors (Lipinski definition) is 1. The summed E-state index contributed by atoms with van der Waals surface area (Å²) >= 11 is 0. The Morgan fingerprint density at radius 1 is 1.22 bits per heavy atom. The molecule has 3 nitrogen and oxygen atoms in total. The van der Waals surface area contributed by atoms with E-state index in [9.17, 15) is 4.39 Å². The van der Waals surface area contributed by atoms with Crippen LogP contribution in [-0.4, -0.2) is 16.0 Å². The summed E-state index contributed by atoms with van der Waals surface area (Å²) < 4.78 is 13.7. The van der Waals surface area contributed by atoms with Crippen LogP contribution in [0.1, 0.15) is 18.5 Å². The third-order valence-corrected chi connectivity index (χ3v) is 3.05. The van der Waals surface area contributed by atoms with E-state index >= 15 is 0 Å². The topological polar surface area (TPSA) is 37.8 Å². The van der Waals surface area contributed by atoms with Crippen LogP contribution in [0, 0.1) is 12.7 Å². The highest BCUT2D eigenvalue weighted by Gasteiger charge is 2.22. The van der Waals surface area contributed by atoms with Crippen LogP contribution >= 0.6 is 0 Å². The van der Waals surface area contributed by atoms with Crippen molar-refractivity contribution < 1.29 is 4.39 Å². The average Bonchev–Trinajstić information content (AvgIpc) is 3.15. The molecule has 0 aliphatic heterocycles. The van der Waals surface area contributed by atoms with E-state index in [4.69, 9.17) is 0 Å². The molecule has 0 bridgehead atoms. The second-order valence-electron chi connectivity index (χ2n) is 4.59. The van der Waals surface area contributed by atoms with Gasteiger partial charge in [-0.15, -0.1) is 0 Å². The Morgan fingerprint density at radius 2 is 2.00 bits per heavy atom. The average molecular weight is 243 g/mol. The van der Waals surface area contributed by atoms with Gasteiger partial charge in [-0.2, -0.15) is 0 Å². The fraction of sp³-hybridized carbons (Fsp3) is 0.286. The Hall–Kier alpha value is -1.97. The van der Waals surface area contributed by atoms with Crippen molar-refractivity contribution in [2.24, 2.45) is 0 Å². The number of halogens is 1. The standard InChI is InChI=1S/C14H14FN3/c1-9-12(11-4-2-3-5-13(11)15)8-16-14(17-9)18-10-6-7-10/h2-5,8,10H,6-7H2,1H3,(H,16,17,18). The van der Waals surface area contributed by atoms with Gasteiger partial charge in [0.05, 0.1) is 5.69 Å². The Kier molecular flexibility index (Phi) is 2.70. The summed E-state index contributed by atoms with van der Waals surface area (Å²) in [5.41, 5.74) is 2.08. The van der Waals surface area contributed by atoms with Gasteiger partial charge < -0.3 is 5.32 Å². The van der Waals surface area contributed by atoms with Crippen molar-refractivity contribution in [1.82, 2.24) is 9.97 Å². The van der Waals surface area contributed by atoms with E-state index in [2.05, 4.69) is 15.3 Å². The lowest BCUT2D eigenvalue weighted by atomic mass is 10.1. The zero-order valence-corrected chi connectivity index (χ0v) is 10.2. The van der Waals surface area contributed by atoms with Crippen LogP contribution < -0.4 is 5.32 Å². The van der Waals surface area contributed by atoms with Crippen LogP contribution in [-0.2, 0) is 0 Å². The van der Waals surface area contributed by atoms with Crippen molar-refractivity contribution in [3.63, 3.8) is 0 Å². The third kappa shape index (κ3) is 2.18. The summed E-state index contributed by atoms with van der Waals surface area (Å²) in [6, 6.07) is 7.20. The molecule has 1 heterocycles. The zero-order valence-electron chi connectivity index (χ0n) is 10.2. The molecule has 1 aromatic carbocycles. The summed E-state index contributed by atoms with van der Waals surface area (Å²) in [5, 5.41) is 3.23. The maximum Gasteiger partial charge on any atom is 0.223 e. The van der Waals surface area contributed by atoms with Gasteiger partial charge in [-0.3, -0.25) is 0 Å². The normalized spacial score (nSPS) is 14.6. The van der Waals surface area contributed by atoms with Crippen LogP contribution in [0.3, 0.4) is 0 Å². The first kappa shape index (κ1) is 11.1. The van der Waals surface area contributed by atoms with Gasteiger partial charge in [-0.1, -0.05) is 18.2 Å². The fourth-order valence-electron chi connectivity index (χ4n) is 1.89. The Balaban J connectivity index is 1.95. The number of aryl methyl sites for hydroxylation is 1. The molecule has 0 amide bonds. The Morgan fingerprint density at radius 3 is 2.67 bits per heavy atom. The molecule has 1 aliphatic carbocycles. The number of rotatable bonds is 3.